The average molecular weight is 559 g/mol. The Kier molecular flexibility index (Phi) is 8.64. The summed E-state index contributed by atoms with van der Waals surface area (Å²) in [5.74, 6) is -1.25. The topological polar surface area (TPSA) is 91.0 Å². The van der Waals surface area contributed by atoms with Gasteiger partial charge >= 0.3 is 0 Å². The molecule has 0 atom stereocenters. The maximum absolute atomic E-state index is 14.2. The van der Waals surface area contributed by atoms with E-state index >= 15 is 0 Å². The number of rotatable bonds is 8. The first-order valence-corrected chi connectivity index (χ1v) is 14.0. The standard InChI is InChI=1S/C32H35FN4O4/c1-21(38)22-5-8-24(9-6-22)34-32(40)28-19-23(33)7-12-29(28)35-31(39)27-11-10-25(37-15-3-4-16-37)20-30(27)41-26-13-17-36(2)18-14-26/h5-12,19-20,26H,3-4,13-18H2,1-2H3,(H,34,40)(H,35,39). The van der Waals surface area contributed by atoms with E-state index in [0.717, 1.165) is 63.6 Å². The van der Waals surface area contributed by atoms with Crippen LogP contribution in [0.2, 0.25) is 0 Å². The molecule has 0 aliphatic carbocycles. The van der Waals surface area contributed by atoms with E-state index in [-0.39, 0.29) is 23.1 Å². The number of halogens is 1. The van der Waals surface area contributed by atoms with Crippen LogP contribution in [0.4, 0.5) is 21.5 Å². The molecule has 2 saturated heterocycles. The average Bonchev–Trinajstić information content (AvgIpc) is 3.51. The number of hydrogen-bond donors (Lipinski definition) is 2. The molecule has 2 N–H and O–H groups in total. The molecule has 0 saturated carbocycles. The zero-order valence-electron chi connectivity index (χ0n) is 23.4. The highest BCUT2D eigenvalue weighted by Gasteiger charge is 2.24. The third-order valence-corrected chi connectivity index (χ3v) is 7.66. The number of amides is 2. The number of nitrogens with zero attached hydrogens (tertiary/aromatic N) is 2. The third kappa shape index (κ3) is 6.92. The van der Waals surface area contributed by atoms with Gasteiger partial charge in [0.05, 0.1) is 16.8 Å². The molecule has 3 aromatic carbocycles. The van der Waals surface area contributed by atoms with Gasteiger partial charge in [-0.2, -0.15) is 0 Å². The highest BCUT2D eigenvalue weighted by Crippen LogP contribution is 2.31. The van der Waals surface area contributed by atoms with Crippen LogP contribution in [0.25, 0.3) is 0 Å². The number of ether oxygens (including phenoxy) is 1. The number of anilines is 3. The maximum Gasteiger partial charge on any atom is 0.259 e. The fourth-order valence-electron chi connectivity index (χ4n) is 5.24. The van der Waals surface area contributed by atoms with Crippen molar-refractivity contribution in [3.05, 3.63) is 83.2 Å². The summed E-state index contributed by atoms with van der Waals surface area (Å²) in [5.41, 5.74) is 2.45. The Hall–Kier alpha value is -4.24. The van der Waals surface area contributed by atoms with E-state index in [1.807, 2.05) is 12.1 Å². The Morgan fingerprint density at radius 1 is 0.829 bits per heavy atom. The lowest BCUT2D eigenvalue weighted by Crippen LogP contribution is -2.36. The Bertz CT molecular complexity index is 1430. The zero-order valence-corrected chi connectivity index (χ0v) is 23.4. The normalized spacial score (nSPS) is 15.9. The summed E-state index contributed by atoms with van der Waals surface area (Å²) in [6, 6.07) is 15.7. The molecule has 214 valence electrons. The summed E-state index contributed by atoms with van der Waals surface area (Å²) in [6.45, 7) is 5.22. The zero-order chi connectivity index (χ0) is 28.9. The first-order valence-electron chi connectivity index (χ1n) is 14.0. The minimum atomic E-state index is -0.610. The monoisotopic (exact) mass is 558 g/mol. The Balaban J connectivity index is 1.38. The summed E-state index contributed by atoms with van der Waals surface area (Å²) < 4.78 is 20.7. The first kappa shape index (κ1) is 28.3. The number of Topliss-reactive ketones (excluding diaryl/α,β-unsaturated/α-hetero) is 1. The van der Waals surface area contributed by atoms with Crippen LogP contribution in [-0.4, -0.2) is 61.8 Å². The molecule has 41 heavy (non-hydrogen) atoms. The van der Waals surface area contributed by atoms with Crippen molar-refractivity contribution in [2.24, 2.45) is 0 Å². The Labute approximate surface area is 239 Å². The number of benzene rings is 3. The van der Waals surface area contributed by atoms with Crippen LogP contribution in [-0.2, 0) is 0 Å². The summed E-state index contributed by atoms with van der Waals surface area (Å²) in [4.78, 5) is 42.8. The molecule has 0 bridgehead atoms. The lowest BCUT2D eigenvalue weighted by molar-refractivity contribution is 0.0986. The minimum absolute atomic E-state index is 0.00636. The molecule has 0 radical (unpaired) electrons. The van der Waals surface area contributed by atoms with Gasteiger partial charge in [-0.1, -0.05) is 0 Å². The molecule has 0 spiro atoms. The van der Waals surface area contributed by atoms with Crippen molar-refractivity contribution in [2.45, 2.75) is 38.7 Å². The highest BCUT2D eigenvalue weighted by molar-refractivity contribution is 6.13. The van der Waals surface area contributed by atoms with Crippen LogP contribution in [0.15, 0.2) is 60.7 Å². The van der Waals surface area contributed by atoms with E-state index in [2.05, 4.69) is 27.5 Å². The quantitative estimate of drug-likeness (QED) is 0.350. The maximum atomic E-state index is 14.2. The number of nitrogens with one attached hydrogen (secondary N) is 2. The second kappa shape index (κ2) is 12.5. The number of likely N-dealkylation sites (tertiary alicyclic amines) is 1. The second-order valence-corrected chi connectivity index (χ2v) is 10.7. The predicted octanol–water partition coefficient (Wildman–Crippen LogP) is 5.61. The number of hydrogen-bond acceptors (Lipinski definition) is 6. The molecule has 2 amide bonds. The molecule has 8 nitrogen and oxygen atoms in total. The Morgan fingerprint density at radius 2 is 1.51 bits per heavy atom. The fourth-order valence-corrected chi connectivity index (χ4v) is 5.24. The number of carbonyl (C=O) groups excluding carboxylic acids is 3. The summed E-state index contributed by atoms with van der Waals surface area (Å²) in [7, 11) is 2.08. The predicted molar refractivity (Wildman–Crippen MR) is 158 cm³/mol. The van der Waals surface area contributed by atoms with Crippen LogP contribution in [0, 0.1) is 5.82 Å². The van der Waals surface area contributed by atoms with Gasteiger partial charge in [-0.3, -0.25) is 14.4 Å². The smallest absolute Gasteiger partial charge is 0.259 e. The van der Waals surface area contributed by atoms with E-state index in [0.29, 0.717) is 22.6 Å². The first-order chi connectivity index (χ1) is 19.8. The molecule has 2 aliphatic heterocycles. The van der Waals surface area contributed by atoms with E-state index < -0.39 is 17.6 Å². The number of piperidine rings is 1. The Morgan fingerprint density at radius 3 is 2.20 bits per heavy atom. The van der Waals surface area contributed by atoms with Gasteiger partial charge in [0.2, 0.25) is 0 Å². The fraction of sp³-hybridized carbons (Fsp3) is 0.344. The van der Waals surface area contributed by atoms with Crippen molar-refractivity contribution in [1.29, 1.82) is 0 Å². The van der Waals surface area contributed by atoms with Gasteiger partial charge < -0.3 is 25.2 Å². The van der Waals surface area contributed by atoms with Crippen molar-refractivity contribution in [1.82, 2.24) is 4.90 Å². The van der Waals surface area contributed by atoms with Crippen LogP contribution in [0.5, 0.6) is 5.75 Å². The lowest BCUT2D eigenvalue weighted by atomic mass is 10.1. The van der Waals surface area contributed by atoms with Crippen molar-refractivity contribution in [3.63, 3.8) is 0 Å². The lowest BCUT2D eigenvalue weighted by Gasteiger charge is -2.30. The largest absolute Gasteiger partial charge is 0.489 e. The van der Waals surface area contributed by atoms with Gasteiger partial charge in [-0.15, -0.1) is 0 Å². The van der Waals surface area contributed by atoms with E-state index in [9.17, 15) is 18.8 Å². The molecular formula is C32H35FN4O4. The van der Waals surface area contributed by atoms with E-state index in [1.54, 1.807) is 30.3 Å². The second-order valence-electron chi connectivity index (χ2n) is 10.7. The summed E-state index contributed by atoms with van der Waals surface area (Å²) in [5, 5.41) is 5.52. The summed E-state index contributed by atoms with van der Waals surface area (Å²) in [6.07, 6.45) is 3.98. The van der Waals surface area contributed by atoms with Crippen LogP contribution < -0.4 is 20.3 Å². The molecule has 3 aromatic rings. The molecule has 2 fully saturated rings. The van der Waals surface area contributed by atoms with Gasteiger partial charge in [-0.05, 0) is 94.3 Å². The van der Waals surface area contributed by atoms with Gasteiger partial charge in [0.15, 0.2) is 5.78 Å². The van der Waals surface area contributed by atoms with Crippen molar-refractivity contribution >= 4 is 34.7 Å². The van der Waals surface area contributed by atoms with Crippen molar-refractivity contribution in [3.8, 4) is 5.75 Å². The molecule has 9 heteroatoms. The molecule has 2 heterocycles. The van der Waals surface area contributed by atoms with Crippen LogP contribution >= 0.6 is 0 Å². The molecular weight excluding hydrogens is 523 g/mol. The van der Waals surface area contributed by atoms with Crippen LogP contribution in [0.3, 0.4) is 0 Å². The third-order valence-electron chi connectivity index (χ3n) is 7.66. The SMILES string of the molecule is CC(=O)c1ccc(NC(=O)c2cc(F)ccc2NC(=O)c2ccc(N3CCCC3)cc2OC2CCN(C)CC2)cc1. The van der Waals surface area contributed by atoms with Gasteiger partial charge in [0, 0.05) is 49.2 Å². The van der Waals surface area contributed by atoms with E-state index in [1.165, 1.54) is 19.1 Å². The van der Waals surface area contributed by atoms with Crippen LogP contribution in [0.1, 0.15) is 63.7 Å². The van der Waals surface area contributed by atoms with Crippen molar-refractivity contribution < 1.29 is 23.5 Å². The number of carbonyl (C=O) groups is 3. The van der Waals surface area contributed by atoms with Gasteiger partial charge in [0.25, 0.3) is 11.8 Å². The van der Waals surface area contributed by atoms with Gasteiger partial charge in [0.1, 0.15) is 17.7 Å². The minimum Gasteiger partial charge on any atom is -0.489 e. The molecule has 0 unspecified atom stereocenters. The molecule has 0 aromatic heterocycles. The molecule has 5 rings (SSSR count). The summed E-state index contributed by atoms with van der Waals surface area (Å²) >= 11 is 0. The number of ketones is 1. The molecule has 2 aliphatic rings. The van der Waals surface area contributed by atoms with Gasteiger partial charge in [-0.25, -0.2) is 4.39 Å². The van der Waals surface area contributed by atoms with Crippen molar-refractivity contribution in [2.75, 3.05) is 48.8 Å². The highest BCUT2D eigenvalue weighted by atomic mass is 19.1. The van der Waals surface area contributed by atoms with E-state index in [4.69, 9.17) is 4.74 Å².